The Bertz CT molecular complexity index is 946. The monoisotopic (exact) mass is 411 g/mol. The third-order valence-electron chi connectivity index (χ3n) is 4.92. The molecule has 0 aliphatic carbocycles. The molecule has 152 valence electrons. The number of guanidine groups is 1. The van der Waals surface area contributed by atoms with Gasteiger partial charge < -0.3 is 24.3 Å². The van der Waals surface area contributed by atoms with E-state index in [0.29, 0.717) is 12.4 Å². The smallest absolute Gasteiger partial charge is 0.236 e. The van der Waals surface area contributed by atoms with Crippen LogP contribution in [0.3, 0.4) is 0 Å². The van der Waals surface area contributed by atoms with Crippen LogP contribution in [0.1, 0.15) is 5.69 Å². The minimum Gasteiger partial charge on any atom is -0.497 e. The highest BCUT2D eigenvalue weighted by Crippen LogP contribution is 2.24. The van der Waals surface area contributed by atoms with E-state index >= 15 is 0 Å². The van der Waals surface area contributed by atoms with Crippen LogP contribution in [0.25, 0.3) is 10.8 Å². The molecule has 1 aliphatic rings. The second-order valence-electron chi connectivity index (χ2n) is 6.70. The molecule has 0 spiro atoms. The van der Waals surface area contributed by atoms with Crippen molar-refractivity contribution in [2.24, 2.45) is 4.99 Å². The van der Waals surface area contributed by atoms with Crippen LogP contribution in [-0.4, -0.2) is 56.2 Å². The SMILES string of the molecule is CN=C(NCc1coc(-c2cccs2)n1)N1CCN(c2cccc(OC)c2)CC1. The lowest BCUT2D eigenvalue weighted by atomic mass is 10.2. The molecule has 1 saturated heterocycles. The molecular formula is C21H25N5O2S. The number of oxazole rings is 1. The Labute approximate surface area is 174 Å². The molecule has 1 aliphatic heterocycles. The number of rotatable bonds is 5. The maximum atomic E-state index is 5.59. The predicted octanol–water partition coefficient (Wildman–Crippen LogP) is 3.31. The molecule has 4 rings (SSSR count). The molecule has 1 N–H and O–H groups in total. The van der Waals surface area contributed by atoms with Crippen molar-refractivity contribution in [2.75, 3.05) is 45.2 Å². The van der Waals surface area contributed by atoms with Crippen molar-refractivity contribution in [3.63, 3.8) is 0 Å². The van der Waals surface area contributed by atoms with Gasteiger partial charge in [-0.15, -0.1) is 11.3 Å². The molecule has 0 atom stereocenters. The number of piperazine rings is 1. The van der Waals surface area contributed by atoms with Crippen molar-refractivity contribution in [3.05, 3.63) is 53.7 Å². The van der Waals surface area contributed by atoms with Crippen LogP contribution in [0.15, 0.2) is 57.5 Å². The molecule has 0 unspecified atom stereocenters. The van der Waals surface area contributed by atoms with Gasteiger partial charge >= 0.3 is 0 Å². The van der Waals surface area contributed by atoms with Gasteiger partial charge in [0.05, 0.1) is 24.2 Å². The number of ether oxygens (including phenoxy) is 1. The normalized spacial score (nSPS) is 14.9. The minimum atomic E-state index is 0.581. The third-order valence-corrected chi connectivity index (χ3v) is 5.78. The molecule has 3 aromatic rings. The molecule has 29 heavy (non-hydrogen) atoms. The summed E-state index contributed by atoms with van der Waals surface area (Å²) in [4.78, 5) is 14.7. The summed E-state index contributed by atoms with van der Waals surface area (Å²) >= 11 is 1.62. The fourth-order valence-corrected chi connectivity index (χ4v) is 4.04. The molecule has 0 radical (unpaired) electrons. The van der Waals surface area contributed by atoms with Gasteiger partial charge in [0.1, 0.15) is 12.0 Å². The summed E-state index contributed by atoms with van der Waals surface area (Å²) in [6, 6.07) is 12.2. The Balaban J connectivity index is 1.31. The van der Waals surface area contributed by atoms with Gasteiger partial charge in [0, 0.05) is 45.0 Å². The Morgan fingerprint density at radius 2 is 2.10 bits per heavy atom. The fraction of sp³-hybridized carbons (Fsp3) is 0.333. The molecule has 2 aromatic heterocycles. The average molecular weight is 412 g/mol. The predicted molar refractivity (Wildman–Crippen MR) is 117 cm³/mol. The summed E-state index contributed by atoms with van der Waals surface area (Å²) in [7, 11) is 3.52. The van der Waals surface area contributed by atoms with Crippen molar-refractivity contribution in [1.82, 2.24) is 15.2 Å². The van der Waals surface area contributed by atoms with Crippen molar-refractivity contribution >= 4 is 23.0 Å². The first-order valence-corrected chi connectivity index (χ1v) is 10.5. The zero-order valence-corrected chi connectivity index (χ0v) is 17.5. The molecule has 1 aromatic carbocycles. The van der Waals surface area contributed by atoms with Crippen LogP contribution < -0.4 is 15.0 Å². The summed E-state index contributed by atoms with van der Waals surface area (Å²) in [5.74, 6) is 2.44. The zero-order chi connectivity index (χ0) is 20.1. The second-order valence-corrected chi connectivity index (χ2v) is 7.65. The molecule has 0 bridgehead atoms. The first kappa shape index (κ1) is 19.3. The van der Waals surface area contributed by atoms with Crippen molar-refractivity contribution < 1.29 is 9.15 Å². The van der Waals surface area contributed by atoms with E-state index in [1.807, 2.05) is 36.7 Å². The fourth-order valence-electron chi connectivity index (χ4n) is 3.39. The maximum Gasteiger partial charge on any atom is 0.236 e. The standard InChI is InChI=1S/C21H25N5O2S/c1-22-21(23-14-16-15-28-20(24-16)19-7-4-12-29-19)26-10-8-25(9-11-26)17-5-3-6-18(13-17)27-2/h3-7,12-13,15H,8-11,14H2,1-2H3,(H,22,23). The number of hydrogen-bond donors (Lipinski definition) is 1. The van der Waals surface area contributed by atoms with Gasteiger partial charge in [-0.1, -0.05) is 12.1 Å². The lowest BCUT2D eigenvalue weighted by molar-refractivity contribution is 0.371. The summed E-state index contributed by atoms with van der Waals surface area (Å²) < 4.78 is 10.9. The lowest BCUT2D eigenvalue weighted by Gasteiger charge is -2.37. The molecule has 0 amide bonds. The number of methoxy groups -OCH3 is 1. The molecular weight excluding hydrogens is 386 g/mol. The summed E-state index contributed by atoms with van der Waals surface area (Å²) in [5.41, 5.74) is 2.06. The largest absolute Gasteiger partial charge is 0.497 e. The molecule has 0 saturated carbocycles. The van der Waals surface area contributed by atoms with Gasteiger partial charge in [0.25, 0.3) is 0 Å². The van der Waals surface area contributed by atoms with Gasteiger partial charge in [0.15, 0.2) is 5.96 Å². The summed E-state index contributed by atoms with van der Waals surface area (Å²) in [6.45, 7) is 4.24. The van der Waals surface area contributed by atoms with Crippen molar-refractivity contribution in [3.8, 4) is 16.5 Å². The Morgan fingerprint density at radius 3 is 2.83 bits per heavy atom. The number of hydrogen-bond acceptors (Lipinski definition) is 6. The van der Waals surface area contributed by atoms with Crippen molar-refractivity contribution in [1.29, 1.82) is 0 Å². The van der Waals surface area contributed by atoms with Gasteiger partial charge in [0.2, 0.25) is 5.89 Å². The highest BCUT2D eigenvalue weighted by atomic mass is 32.1. The number of benzene rings is 1. The Kier molecular flexibility index (Phi) is 6.00. The van der Waals surface area contributed by atoms with Crippen LogP contribution in [-0.2, 0) is 6.54 Å². The highest BCUT2D eigenvalue weighted by molar-refractivity contribution is 7.13. The van der Waals surface area contributed by atoms with Crippen molar-refractivity contribution in [2.45, 2.75) is 6.54 Å². The first-order chi connectivity index (χ1) is 14.3. The minimum absolute atomic E-state index is 0.581. The number of aromatic nitrogens is 1. The van der Waals surface area contributed by atoms with Crippen LogP contribution in [0.4, 0.5) is 5.69 Å². The van der Waals surface area contributed by atoms with Crippen LogP contribution in [0.5, 0.6) is 5.75 Å². The summed E-state index contributed by atoms with van der Waals surface area (Å²) in [5, 5.41) is 5.42. The second kappa shape index (κ2) is 9.00. The number of anilines is 1. The Morgan fingerprint density at radius 1 is 1.24 bits per heavy atom. The number of aliphatic imine (C=N–C) groups is 1. The van der Waals surface area contributed by atoms with Gasteiger partial charge in [-0.25, -0.2) is 4.98 Å². The summed E-state index contributed by atoms with van der Waals surface area (Å²) in [6.07, 6.45) is 1.70. The first-order valence-electron chi connectivity index (χ1n) is 9.59. The topological polar surface area (TPSA) is 66.1 Å². The Hall–Kier alpha value is -3.00. The third kappa shape index (κ3) is 4.54. The number of thiophene rings is 1. The zero-order valence-electron chi connectivity index (χ0n) is 16.7. The van der Waals surface area contributed by atoms with E-state index in [-0.39, 0.29) is 0 Å². The molecule has 7 nitrogen and oxygen atoms in total. The molecule has 3 heterocycles. The molecule has 1 fully saturated rings. The number of nitrogens with zero attached hydrogens (tertiary/aromatic N) is 4. The van der Waals surface area contributed by atoms with E-state index < -0.39 is 0 Å². The van der Waals surface area contributed by atoms with Crippen LogP contribution in [0.2, 0.25) is 0 Å². The van der Waals surface area contributed by atoms with E-state index in [1.54, 1.807) is 24.7 Å². The maximum absolute atomic E-state index is 5.59. The highest BCUT2D eigenvalue weighted by Gasteiger charge is 2.20. The van der Waals surface area contributed by atoms with E-state index in [1.165, 1.54) is 5.69 Å². The van der Waals surface area contributed by atoms with Gasteiger partial charge in [-0.2, -0.15) is 0 Å². The number of nitrogens with one attached hydrogen (secondary N) is 1. The van der Waals surface area contributed by atoms with E-state index in [4.69, 9.17) is 9.15 Å². The lowest BCUT2D eigenvalue weighted by Crippen LogP contribution is -2.52. The van der Waals surface area contributed by atoms with E-state index in [9.17, 15) is 0 Å². The van der Waals surface area contributed by atoms with Gasteiger partial charge in [-0.05, 0) is 23.6 Å². The van der Waals surface area contributed by atoms with Crippen LogP contribution in [0, 0.1) is 0 Å². The van der Waals surface area contributed by atoms with Crippen LogP contribution >= 0.6 is 11.3 Å². The van der Waals surface area contributed by atoms with E-state index in [0.717, 1.165) is 48.5 Å². The quantitative estimate of drug-likeness (QED) is 0.513. The van der Waals surface area contributed by atoms with Gasteiger partial charge in [-0.3, -0.25) is 4.99 Å². The average Bonchev–Trinajstić information content (AvgIpc) is 3.47. The molecule has 8 heteroatoms. The van der Waals surface area contributed by atoms with E-state index in [2.05, 4.69) is 37.2 Å².